The van der Waals surface area contributed by atoms with Gasteiger partial charge in [0.15, 0.2) is 5.17 Å². The van der Waals surface area contributed by atoms with Gasteiger partial charge in [-0.05, 0) is 25.0 Å². The Morgan fingerprint density at radius 2 is 2.12 bits per heavy atom. The highest BCUT2D eigenvalue weighted by molar-refractivity contribution is 8.14. The molecule has 2 rings (SSSR count). The van der Waals surface area contributed by atoms with Crippen LogP contribution in [-0.4, -0.2) is 17.0 Å². The topological polar surface area (TPSA) is 24.4 Å². The summed E-state index contributed by atoms with van der Waals surface area (Å²) < 4.78 is 0. The molecule has 1 heterocycles. The third-order valence-corrected chi connectivity index (χ3v) is 4.81. The molecule has 1 aromatic rings. The Morgan fingerprint density at radius 1 is 1.35 bits per heavy atom. The summed E-state index contributed by atoms with van der Waals surface area (Å²) in [6, 6.07) is 5.89. The standard InChI is InChI=1S/C12H14Cl2N2S/c1-7-6-17-12(15-8(7)2)16-10-5-3-4-9(13)11(10)14/h3-5,7-8H,6H2,1-2H3,(H,15,16). The minimum Gasteiger partial charge on any atom is -0.334 e. The van der Waals surface area contributed by atoms with Gasteiger partial charge in [-0.25, -0.2) is 0 Å². The molecule has 2 atom stereocenters. The number of benzene rings is 1. The predicted molar refractivity (Wildman–Crippen MR) is 78.6 cm³/mol. The van der Waals surface area contributed by atoms with Crippen LogP contribution in [0.15, 0.2) is 23.2 Å². The average Bonchev–Trinajstić information content (AvgIpc) is 2.30. The predicted octanol–water partition coefficient (Wildman–Crippen LogP) is 4.53. The lowest BCUT2D eigenvalue weighted by atomic mass is 10.1. The first-order chi connectivity index (χ1) is 8.08. The zero-order valence-corrected chi connectivity index (χ0v) is 12.0. The number of anilines is 1. The summed E-state index contributed by atoms with van der Waals surface area (Å²) in [5.74, 6) is 1.69. The number of hydrogen-bond donors (Lipinski definition) is 1. The summed E-state index contributed by atoms with van der Waals surface area (Å²) >= 11 is 13.8. The molecule has 0 bridgehead atoms. The van der Waals surface area contributed by atoms with E-state index in [1.807, 2.05) is 12.1 Å². The van der Waals surface area contributed by atoms with Crippen LogP contribution in [0.3, 0.4) is 0 Å². The van der Waals surface area contributed by atoms with Crippen LogP contribution in [-0.2, 0) is 0 Å². The van der Waals surface area contributed by atoms with E-state index >= 15 is 0 Å². The maximum atomic E-state index is 6.12. The Labute approximate surface area is 116 Å². The minimum atomic E-state index is 0.344. The highest BCUT2D eigenvalue weighted by Gasteiger charge is 2.19. The molecule has 1 aromatic carbocycles. The van der Waals surface area contributed by atoms with Crippen LogP contribution in [0.4, 0.5) is 5.69 Å². The molecule has 0 spiro atoms. The van der Waals surface area contributed by atoms with Gasteiger partial charge >= 0.3 is 0 Å². The van der Waals surface area contributed by atoms with E-state index < -0.39 is 0 Å². The second kappa shape index (κ2) is 5.51. The molecule has 2 unspecified atom stereocenters. The normalized spacial score (nSPS) is 24.4. The van der Waals surface area contributed by atoms with Crippen molar-refractivity contribution >= 4 is 45.8 Å². The molecule has 17 heavy (non-hydrogen) atoms. The smallest absolute Gasteiger partial charge is 0.161 e. The Balaban J connectivity index is 2.16. The van der Waals surface area contributed by atoms with E-state index in [4.69, 9.17) is 23.2 Å². The zero-order chi connectivity index (χ0) is 12.4. The lowest BCUT2D eigenvalue weighted by Gasteiger charge is -2.24. The number of aliphatic imine (C=N–C) groups is 1. The van der Waals surface area contributed by atoms with E-state index in [1.54, 1.807) is 17.8 Å². The summed E-state index contributed by atoms with van der Waals surface area (Å²) in [4.78, 5) is 4.60. The van der Waals surface area contributed by atoms with Crippen molar-refractivity contribution in [3.05, 3.63) is 28.2 Å². The number of nitrogens with one attached hydrogen (secondary N) is 1. The Kier molecular flexibility index (Phi) is 4.23. The summed E-state index contributed by atoms with van der Waals surface area (Å²) in [5, 5.41) is 5.25. The van der Waals surface area contributed by atoms with Gasteiger partial charge in [0.1, 0.15) is 0 Å². The van der Waals surface area contributed by atoms with Crippen molar-refractivity contribution in [3.8, 4) is 0 Å². The molecule has 2 nitrogen and oxygen atoms in total. The van der Waals surface area contributed by atoms with Gasteiger partial charge in [0.25, 0.3) is 0 Å². The van der Waals surface area contributed by atoms with E-state index in [2.05, 4.69) is 24.2 Å². The lowest BCUT2D eigenvalue weighted by molar-refractivity contribution is 0.537. The average molecular weight is 289 g/mol. The van der Waals surface area contributed by atoms with Gasteiger partial charge in [0.2, 0.25) is 0 Å². The first-order valence-electron chi connectivity index (χ1n) is 5.49. The van der Waals surface area contributed by atoms with Gasteiger partial charge in [-0.1, -0.05) is 48.0 Å². The highest BCUT2D eigenvalue weighted by atomic mass is 35.5. The number of nitrogens with zero attached hydrogens (tertiary/aromatic N) is 1. The van der Waals surface area contributed by atoms with Crippen LogP contribution >= 0.6 is 35.0 Å². The molecular formula is C12H14Cl2N2S. The molecule has 0 fully saturated rings. The fourth-order valence-electron chi connectivity index (χ4n) is 1.48. The first kappa shape index (κ1) is 13.1. The van der Waals surface area contributed by atoms with Crippen molar-refractivity contribution in [1.29, 1.82) is 0 Å². The molecule has 0 amide bonds. The summed E-state index contributed by atoms with van der Waals surface area (Å²) in [6.45, 7) is 4.34. The third kappa shape index (κ3) is 3.09. The number of hydrogen-bond acceptors (Lipinski definition) is 3. The third-order valence-electron chi connectivity index (χ3n) is 2.82. The van der Waals surface area contributed by atoms with Crippen molar-refractivity contribution in [1.82, 2.24) is 0 Å². The SMILES string of the molecule is CC1CSC(Nc2cccc(Cl)c2Cl)=NC1C. The second-order valence-corrected chi connectivity index (χ2v) is 5.98. The van der Waals surface area contributed by atoms with Crippen LogP contribution in [0.25, 0.3) is 0 Å². The van der Waals surface area contributed by atoms with Crippen LogP contribution in [0, 0.1) is 5.92 Å². The second-order valence-electron chi connectivity index (χ2n) is 4.19. The van der Waals surface area contributed by atoms with Crippen molar-refractivity contribution in [3.63, 3.8) is 0 Å². The molecule has 0 radical (unpaired) electrons. The van der Waals surface area contributed by atoms with Crippen LogP contribution in [0.5, 0.6) is 0 Å². The summed E-state index contributed by atoms with van der Waals surface area (Å²) in [6.07, 6.45) is 0. The number of thioether (sulfide) groups is 1. The minimum absolute atomic E-state index is 0.344. The van der Waals surface area contributed by atoms with E-state index in [0.717, 1.165) is 16.6 Å². The van der Waals surface area contributed by atoms with Gasteiger partial charge in [-0.3, -0.25) is 4.99 Å². The van der Waals surface area contributed by atoms with Crippen molar-refractivity contribution in [2.24, 2.45) is 10.9 Å². The number of halogens is 2. The number of rotatable bonds is 1. The fraction of sp³-hybridized carbons (Fsp3) is 0.417. The maximum Gasteiger partial charge on any atom is 0.161 e. The number of amidine groups is 1. The van der Waals surface area contributed by atoms with Crippen molar-refractivity contribution < 1.29 is 0 Å². The molecule has 0 aliphatic carbocycles. The Bertz CT molecular complexity index is 448. The van der Waals surface area contributed by atoms with Crippen molar-refractivity contribution in [2.45, 2.75) is 19.9 Å². The summed E-state index contributed by atoms with van der Waals surface area (Å²) in [7, 11) is 0. The maximum absolute atomic E-state index is 6.12. The molecule has 0 saturated heterocycles. The largest absolute Gasteiger partial charge is 0.334 e. The van der Waals surface area contributed by atoms with E-state index in [0.29, 0.717) is 22.0 Å². The quantitative estimate of drug-likeness (QED) is 0.821. The van der Waals surface area contributed by atoms with Gasteiger partial charge in [0.05, 0.1) is 21.8 Å². The molecule has 5 heteroatoms. The highest BCUT2D eigenvalue weighted by Crippen LogP contribution is 2.31. The summed E-state index contributed by atoms with van der Waals surface area (Å²) in [5.41, 5.74) is 0.812. The molecule has 92 valence electrons. The molecular weight excluding hydrogens is 275 g/mol. The van der Waals surface area contributed by atoms with Crippen LogP contribution in [0.2, 0.25) is 10.0 Å². The molecule has 1 aliphatic heterocycles. The van der Waals surface area contributed by atoms with Crippen molar-refractivity contribution in [2.75, 3.05) is 11.1 Å². The molecule has 1 N–H and O–H groups in total. The Morgan fingerprint density at radius 3 is 2.82 bits per heavy atom. The van der Waals surface area contributed by atoms with E-state index in [1.165, 1.54) is 0 Å². The van der Waals surface area contributed by atoms with Gasteiger partial charge in [-0.2, -0.15) is 0 Å². The molecule has 0 aromatic heterocycles. The van der Waals surface area contributed by atoms with Crippen LogP contribution < -0.4 is 5.32 Å². The van der Waals surface area contributed by atoms with Gasteiger partial charge in [-0.15, -0.1) is 0 Å². The van der Waals surface area contributed by atoms with E-state index in [9.17, 15) is 0 Å². The van der Waals surface area contributed by atoms with Crippen LogP contribution in [0.1, 0.15) is 13.8 Å². The van der Waals surface area contributed by atoms with E-state index in [-0.39, 0.29) is 0 Å². The molecule has 1 aliphatic rings. The van der Waals surface area contributed by atoms with Gasteiger partial charge in [0, 0.05) is 5.75 Å². The monoisotopic (exact) mass is 288 g/mol. The zero-order valence-electron chi connectivity index (χ0n) is 9.71. The fourth-order valence-corrected chi connectivity index (χ4v) is 2.95. The van der Waals surface area contributed by atoms with Gasteiger partial charge < -0.3 is 5.32 Å². The molecule has 0 saturated carbocycles. The lowest BCUT2D eigenvalue weighted by Crippen LogP contribution is -2.25. The Hall–Kier alpha value is -0.380. The first-order valence-corrected chi connectivity index (χ1v) is 7.23.